The summed E-state index contributed by atoms with van der Waals surface area (Å²) in [5.41, 5.74) is -0.261. The predicted molar refractivity (Wildman–Crippen MR) is 149 cm³/mol. The van der Waals surface area contributed by atoms with Gasteiger partial charge in [0, 0.05) is 12.4 Å². The molecule has 0 saturated heterocycles. The van der Waals surface area contributed by atoms with Gasteiger partial charge < -0.3 is 14.8 Å². The van der Waals surface area contributed by atoms with Crippen molar-refractivity contribution in [3.63, 3.8) is 0 Å². The van der Waals surface area contributed by atoms with Gasteiger partial charge in [0.1, 0.15) is 11.4 Å². The summed E-state index contributed by atoms with van der Waals surface area (Å²) in [6.45, 7) is 0. The smallest absolute Gasteiger partial charge is 0.416 e. The molecule has 3 aromatic carbocycles. The summed E-state index contributed by atoms with van der Waals surface area (Å²) >= 11 is 0. The van der Waals surface area contributed by atoms with E-state index in [1.807, 2.05) is 0 Å². The maximum absolute atomic E-state index is 14.4. The Bertz CT molecular complexity index is 1790. The number of amides is 1. The number of carbonyl (C=O) groups is 2. The van der Waals surface area contributed by atoms with E-state index in [0.717, 1.165) is 10.4 Å². The molecule has 1 aliphatic carbocycles. The van der Waals surface area contributed by atoms with Crippen LogP contribution in [0.3, 0.4) is 0 Å². The number of nitrogens with one attached hydrogen (secondary N) is 1. The molecule has 0 aliphatic heterocycles. The summed E-state index contributed by atoms with van der Waals surface area (Å²) < 4.78 is 86.0. The molecule has 0 bridgehead atoms. The summed E-state index contributed by atoms with van der Waals surface area (Å²) in [6.07, 6.45) is -2.23. The minimum atomic E-state index is -4.77. The second-order valence-electron chi connectivity index (χ2n) is 10.4. The molecular weight excluding hydrogens is 592 g/mol. The number of carbonyl (C=O) groups excluding carboxylic acids is 1. The molecule has 1 aliphatic rings. The Morgan fingerprint density at radius 1 is 1.00 bits per heavy atom. The SMILES string of the molecule is CN(c1ccc([C@H]2CCCC(C(=O)Nc3ccc(C(F)(F)F)cc3F)C2C(=O)O)cc1)S(=O)(=O)c1ccc2occc2c1. The Labute approximate surface area is 244 Å². The van der Waals surface area contributed by atoms with Crippen LogP contribution in [0.2, 0.25) is 0 Å². The fraction of sp³-hybridized carbons (Fsp3) is 0.267. The summed E-state index contributed by atoms with van der Waals surface area (Å²) in [5, 5.41) is 13.0. The number of rotatable bonds is 7. The lowest BCUT2D eigenvalue weighted by atomic mass is 9.69. The van der Waals surface area contributed by atoms with E-state index < -0.39 is 62.9 Å². The van der Waals surface area contributed by atoms with Crippen LogP contribution in [0, 0.1) is 17.7 Å². The van der Waals surface area contributed by atoms with Crippen molar-refractivity contribution in [1.82, 2.24) is 0 Å². The summed E-state index contributed by atoms with van der Waals surface area (Å²) in [6, 6.07) is 14.2. The van der Waals surface area contributed by atoms with Gasteiger partial charge in [0.05, 0.1) is 39.9 Å². The van der Waals surface area contributed by atoms with Crippen LogP contribution in [0.5, 0.6) is 0 Å². The van der Waals surface area contributed by atoms with Crippen LogP contribution in [0.25, 0.3) is 11.0 Å². The maximum Gasteiger partial charge on any atom is 0.416 e. The molecule has 2 unspecified atom stereocenters. The maximum atomic E-state index is 14.4. The lowest BCUT2D eigenvalue weighted by Crippen LogP contribution is -2.40. The average molecular weight is 619 g/mol. The van der Waals surface area contributed by atoms with Crippen LogP contribution in [0.1, 0.15) is 36.3 Å². The zero-order valence-electron chi connectivity index (χ0n) is 22.6. The van der Waals surface area contributed by atoms with E-state index >= 15 is 0 Å². The zero-order chi connectivity index (χ0) is 31.1. The first-order valence-electron chi connectivity index (χ1n) is 13.2. The fourth-order valence-electron chi connectivity index (χ4n) is 5.56. The van der Waals surface area contributed by atoms with Crippen LogP contribution in [-0.2, 0) is 25.8 Å². The summed E-state index contributed by atoms with van der Waals surface area (Å²) in [4.78, 5) is 25.6. The molecule has 8 nitrogen and oxygen atoms in total. The monoisotopic (exact) mass is 618 g/mol. The fourth-order valence-corrected chi connectivity index (χ4v) is 6.79. The van der Waals surface area contributed by atoms with Crippen LogP contribution >= 0.6 is 0 Å². The van der Waals surface area contributed by atoms with Crippen molar-refractivity contribution < 1.29 is 45.1 Å². The molecule has 0 radical (unpaired) electrons. The normalized spacial score (nSPS) is 19.2. The number of hydrogen-bond donors (Lipinski definition) is 2. The van der Waals surface area contributed by atoms with Gasteiger partial charge >= 0.3 is 12.1 Å². The number of nitrogens with zero attached hydrogens (tertiary/aromatic N) is 1. The van der Waals surface area contributed by atoms with Gasteiger partial charge in [-0.2, -0.15) is 13.2 Å². The van der Waals surface area contributed by atoms with E-state index in [1.165, 1.54) is 25.4 Å². The van der Waals surface area contributed by atoms with Crippen LogP contribution < -0.4 is 9.62 Å². The quantitative estimate of drug-likeness (QED) is 0.224. The van der Waals surface area contributed by atoms with Gasteiger partial charge in [-0.15, -0.1) is 0 Å². The first-order valence-corrected chi connectivity index (χ1v) is 14.7. The van der Waals surface area contributed by atoms with Gasteiger partial charge in [-0.1, -0.05) is 18.6 Å². The zero-order valence-corrected chi connectivity index (χ0v) is 23.5. The van der Waals surface area contributed by atoms with Crippen LogP contribution in [0.4, 0.5) is 28.9 Å². The highest BCUT2D eigenvalue weighted by Crippen LogP contribution is 2.43. The minimum absolute atomic E-state index is 0.0598. The van der Waals surface area contributed by atoms with Crippen molar-refractivity contribution in [3.05, 3.63) is 89.9 Å². The number of aliphatic carboxylic acids is 1. The molecule has 1 heterocycles. The molecule has 0 spiro atoms. The minimum Gasteiger partial charge on any atom is -0.481 e. The van der Waals surface area contributed by atoms with E-state index in [4.69, 9.17) is 4.42 Å². The Morgan fingerprint density at radius 2 is 1.72 bits per heavy atom. The first kappa shape index (κ1) is 30.1. The standard InChI is InChI=1S/C30H26F4N2O6S/c1-36(43(40,41)21-10-12-26-18(15-21)13-14-42-26)20-8-5-17(6-9-20)22-3-2-4-23(27(22)29(38)39)28(37)35-25-11-7-19(16-24(25)31)30(32,33)34/h5-16,22-23,27H,2-4H2,1H3,(H,35,37)(H,38,39)/t22-,23?,27?/m1/s1. The molecule has 2 N–H and O–H groups in total. The molecule has 4 aromatic rings. The highest BCUT2D eigenvalue weighted by atomic mass is 32.2. The van der Waals surface area contributed by atoms with Crippen molar-refractivity contribution in [3.8, 4) is 0 Å². The molecule has 3 atom stereocenters. The van der Waals surface area contributed by atoms with E-state index in [0.29, 0.717) is 41.1 Å². The van der Waals surface area contributed by atoms with Crippen molar-refractivity contribution in [2.24, 2.45) is 11.8 Å². The largest absolute Gasteiger partial charge is 0.481 e. The Balaban J connectivity index is 1.35. The van der Waals surface area contributed by atoms with Crippen molar-refractivity contribution >= 4 is 44.2 Å². The van der Waals surface area contributed by atoms with Crippen LogP contribution in [-0.4, -0.2) is 32.4 Å². The Kier molecular flexibility index (Phi) is 7.95. The number of halogens is 4. The second-order valence-corrected chi connectivity index (χ2v) is 12.3. The first-order chi connectivity index (χ1) is 20.3. The van der Waals surface area contributed by atoms with E-state index in [9.17, 15) is 40.7 Å². The van der Waals surface area contributed by atoms with Gasteiger partial charge in [-0.3, -0.25) is 13.9 Å². The average Bonchev–Trinajstić information content (AvgIpc) is 3.45. The molecule has 1 fully saturated rings. The second kappa shape index (κ2) is 11.4. The van der Waals surface area contributed by atoms with Gasteiger partial charge in [0.2, 0.25) is 5.91 Å². The summed E-state index contributed by atoms with van der Waals surface area (Å²) in [5.74, 6) is -6.27. The number of furan rings is 1. The highest BCUT2D eigenvalue weighted by Gasteiger charge is 2.43. The molecule has 43 heavy (non-hydrogen) atoms. The topological polar surface area (TPSA) is 117 Å². The van der Waals surface area contributed by atoms with Gasteiger partial charge in [-0.05, 0) is 78.9 Å². The molecule has 5 rings (SSSR count). The molecule has 1 aromatic heterocycles. The van der Waals surface area contributed by atoms with E-state index in [2.05, 4.69) is 5.32 Å². The van der Waals surface area contributed by atoms with Gasteiger partial charge in [-0.25, -0.2) is 12.8 Å². The van der Waals surface area contributed by atoms with Crippen molar-refractivity contribution in [2.75, 3.05) is 16.7 Å². The molecule has 13 heteroatoms. The number of anilines is 2. The number of benzene rings is 3. The molecule has 1 amide bonds. The van der Waals surface area contributed by atoms with Gasteiger partial charge in [0.25, 0.3) is 10.0 Å². The van der Waals surface area contributed by atoms with Crippen molar-refractivity contribution in [1.29, 1.82) is 0 Å². The number of carboxylic acids is 1. The number of hydrogen-bond acceptors (Lipinski definition) is 5. The molecule has 226 valence electrons. The Hall–Kier alpha value is -4.39. The highest BCUT2D eigenvalue weighted by molar-refractivity contribution is 7.92. The third kappa shape index (κ3) is 5.94. The lowest BCUT2D eigenvalue weighted by molar-refractivity contribution is -0.148. The van der Waals surface area contributed by atoms with E-state index in [1.54, 1.807) is 36.4 Å². The number of sulfonamides is 1. The lowest BCUT2D eigenvalue weighted by Gasteiger charge is -2.35. The number of alkyl halides is 3. The predicted octanol–water partition coefficient (Wildman–Crippen LogP) is 6.64. The van der Waals surface area contributed by atoms with Crippen LogP contribution in [0.15, 0.2) is 82.3 Å². The van der Waals surface area contributed by atoms with Gasteiger partial charge in [0.15, 0.2) is 0 Å². The third-order valence-corrected chi connectivity index (χ3v) is 9.62. The number of carboxylic acid groups (broad SMARTS) is 1. The summed E-state index contributed by atoms with van der Waals surface area (Å²) in [7, 11) is -2.54. The van der Waals surface area contributed by atoms with E-state index in [-0.39, 0.29) is 17.4 Å². The Morgan fingerprint density at radius 3 is 2.37 bits per heavy atom. The number of fused-ring (bicyclic) bond motifs is 1. The molecular formula is C30H26F4N2O6S. The third-order valence-electron chi connectivity index (χ3n) is 7.84. The molecule has 1 saturated carbocycles. The van der Waals surface area contributed by atoms with Crippen molar-refractivity contribution in [2.45, 2.75) is 36.3 Å².